The second-order valence-corrected chi connectivity index (χ2v) is 8.53. The van der Waals surface area contributed by atoms with E-state index < -0.39 is 22.5 Å². The zero-order chi connectivity index (χ0) is 20.9. The van der Waals surface area contributed by atoms with Gasteiger partial charge < -0.3 is 10.1 Å². The first kappa shape index (κ1) is 21.7. The minimum absolute atomic E-state index is 0.0334. The number of hydrogen-bond acceptors (Lipinski definition) is 5. The van der Waals surface area contributed by atoms with Crippen LogP contribution in [0.5, 0.6) is 0 Å². The molecule has 0 aliphatic carbocycles. The van der Waals surface area contributed by atoms with E-state index in [0.717, 1.165) is 4.31 Å². The van der Waals surface area contributed by atoms with Gasteiger partial charge >= 0.3 is 5.97 Å². The number of nitrogens with one attached hydrogen (secondary N) is 1. The van der Waals surface area contributed by atoms with Gasteiger partial charge in [-0.15, -0.1) is 0 Å². The van der Waals surface area contributed by atoms with Gasteiger partial charge in [-0.05, 0) is 62.4 Å². The molecule has 0 aromatic heterocycles. The zero-order valence-electron chi connectivity index (χ0n) is 15.7. The molecule has 0 heterocycles. The molecule has 7 nitrogen and oxygen atoms in total. The highest BCUT2D eigenvalue weighted by Gasteiger charge is 2.28. The number of carbonyl (C=O) groups excluding carboxylic acids is 2. The van der Waals surface area contributed by atoms with E-state index in [9.17, 15) is 18.0 Å². The smallest absolute Gasteiger partial charge is 0.327 e. The standard InChI is InChI=1S/C19H21ClN2O5S/c1-13(2)27-19(24)12-22(17-8-4-15(20)5-9-17)28(25,26)18-10-6-16(7-11-18)21-14(3)23/h4-11,13H,12H2,1-3H3,(H,21,23). The third-order valence-corrected chi connectivity index (χ3v) is 5.56. The van der Waals surface area contributed by atoms with Crippen LogP contribution in [0.4, 0.5) is 11.4 Å². The molecule has 0 saturated carbocycles. The fraction of sp³-hybridized carbons (Fsp3) is 0.263. The van der Waals surface area contributed by atoms with Crippen molar-refractivity contribution >= 4 is 44.9 Å². The van der Waals surface area contributed by atoms with Gasteiger partial charge in [0, 0.05) is 17.6 Å². The molecule has 2 aromatic carbocycles. The SMILES string of the molecule is CC(=O)Nc1ccc(S(=O)(=O)N(CC(=O)OC(C)C)c2ccc(Cl)cc2)cc1. The van der Waals surface area contributed by atoms with E-state index in [2.05, 4.69) is 5.32 Å². The van der Waals surface area contributed by atoms with Gasteiger partial charge in [0.25, 0.3) is 10.0 Å². The highest BCUT2D eigenvalue weighted by Crippen LogP contribution is 2.26. The number of sulfonamides is 1. The Bertz CT molecular complexity index is 941. The molecule has 2 rings (SSSR count). The molecule has 0 radical (unpaired) electrons. The van der Waals surface area contributed by atoms with Crippen LogP contribution in [0, 0.1) is 0 Å². The monoisotopic (exact) mass is 424 g/mol. The summed E-state index contributed by atoms with van der Waals surface area (Å²) in [6, 6.07) is 11.7. The quantitative estimate of drug-likeness (QED) is 0.687. The average molecular weight is 425 g/mol. The van der Waals surface area contributed by atoms with Gasteiger partial charge in [0.15, 0.2) is 0 Å². The van der Waals surface area contributed by atoms with Gasteiger partial charge in [-0.25, -0.2) is 8.42 Å². The van der Waals surface area contributed by atoms with E-state index in [1.165, 1.54) is 55.5 Å². The van der Waals surface area contributed by atoms with Crippen LogP contribution in [-0.4, -0.2) is 32.9 Å². The lowest BCUT2D eigenvalue weighted by atomic mass is 10.3. The topological polar surface area (TPSA) is 92.8 Å². The van der Waals surface area contributed by atoms with Gasteiger partial charge in [0.2, 0.25) is 5.91 Å². The maximum Gasteiger partial charge on any atom is 0.327 e. The Kier molecular flexibility index (Phi) is 7.04. The van der Waals surface area contributed by atoms with E-state index in [1.807, 2.05) is 0 Å². The van der Waals surface area contributed by atoms with Crippen LogP contribution < -0.4 is 9.62 Å². The Labute approximate surface area is 169 Å². The van der Waals surface area contributed by atoms with E-state index in [-0.39, 0.29) is 22.6 Å². The van der Waals surface area contributed by atoms with Crippen LogP contribution in [0.3, 0.4) is 0 Å². The van der Waals surface area contributed by atoms with Gasteiger partial charge in [0.05, 0.1) is 16.7 Å². The highest BCUT2D eigenvalue weighted by molar-refractivity contribution is 7.92. The van der Waals surface area contributed by atoms with E-state index in [1.54, 1.807) is 13.8 Å². The Hall–Kier alpha value is -2.58. The Morgan fingerprint density at radius 1 is 1.07 bits per heavy atom. The van der Waals surface area contributed by atoms with E-state index in [0.29, 0.717) is 10.7 Å². The molecular formula is C19H21ClN2O5S. The molecule has 0 aliphatic rings. The van der Waals surface area contributed by atoms with Crippen molar-refractivity contribution in [3.8, 4) is 0 Å². The summed E-state index contributed by atoms with van der Waals surface area (Å²) in [4.78, 5) is 23.2. The molecule has 1 amide bonds. The Balaban J connectivity index is 2.40. The summed E-state index contributed by atoms with van der Waals surface area (Å²) in [6.07, 6.45) is -0.376. The fourth-order valence-corrected chi connectivity index (χ4v) is 3.92. The second-order valence-electron chi connectivity index (χ2n) is 6.23. The number of amides is 1. The predicted molar refractivity (Wildman–Crippen MR) is 108 cm³/mol. The fourth-order valence-electron chi connectivity index (χ4n) is 2.38. The third kappa shape index (κ3) is 5.71. The maximum atomic E-state index is 13.2. The molecule has 1 N–H and O–H groups in total. The highest BCUT2D eigenvalue weighted by atomic mass is 35.5. The van der Waals surface area contributed by atoms with Crippen molar-refractivity contribution in [3.63, 3.8) is 0 Å². The van der Waals surface area contributed by atoms with Gasteiger partial charge in [0.1, 0.15) is 6.54 Å². The molecule has 0 fully saturated rings. The first-order chi connectivity index (χ1) is 13.1. The van der Waals surface area contributed by atoms with Crippen molar-refractivity contribution < 1.29 is 22.7 Å². The van der Waals surface area contributed by atoms with Crippen LogP contribution in [0.2, 0.25) is 5.02 Å². The molecule has 0 atom stereocenters. The first-order valence-electron chi connectivity index (χ1n) is 8.45. The van der Waals surface area contributed by atoms with Gasteiger partial charge in [-0.2, -0.15) is 0 Å². The molecule has 150 valence electrons. The number of esters is 1. The second kappa shape index (κ2) is 9.07. The number of anilines is 2. The van der Waals surface area contributed by atoms with Crippen LogP contribution in [-0.2, 0) is 24.3 Å². The lowest BCUT2D eigenvalue weighted by molar-refractivity contribution is -0.145. The van der Waals surface area contributed by atoms with Crippen molar-refractivity contribution in [1.29, 1.82) is 0 Å². The van der Waals surface area contributed by atoms with Crippen LogP contribution in [0.15, 0.2) is 53.4 Å². The maximum absolute atomic E-state index is 13.2. The summed E-state index contributed by atoms with van der Waals surface area (Å²) in [5.41, 5.74) is 0.736. The molecule has 0 bridgehead atoms. The number of halogens is 1. The van der Waals surface area contributed by atoms with Crippen LogP contribution >= 0.6 is 11.6 Å². The molecule has 2 aromatic rings. The largest absolute Gasteiger partial charge is 0.462 e. The summed E-state index contributed by atoms with van der Waals surface area (Å²) in [7, 11) is -4.07. The predicted octanol–water partition coefficient (Wildman–Crippen LogP) is 3.45. The zero-order valence-corrected chi connectivity index (χ0v) is 17.3. The third-order valence-electron chi connectivity index (χ3n) is 3.52. The van der Waals surface area contributed by atoms with Crippen LogP contribution in [0.25, 0.3) is 0 Å². The summed E-state index contributed by atoms with van der Waals surface area (Å²) in [5.74, 6) is -0.946. The normalized spacial score (nSPS) is 11.2. The summed E-state index contributed by atoms with van der Waals surface area (Å²) in [5, 5.41) is 3.00. The number of carbonyl (C=O) groups is 2. The Morgan fingerprint density at radius 2 is 1.64 bits per heavy atom. The lowest BCUT2D eigenvalue weighted by Crippen LogP contribution is -2.37. The van der Waals surface area contributed by atoms with Crippen molar-refractivity contribution in [2.75, 3.05) is 16.2 Å². The number of rotatable bonds is 7. The minimum Gasteiger partial charge on any atom is -0.462 e. The lowest BCUT2D eigenvalue weighted by Gasteiger charge is -2.24. The molecular weight excluding hydrogens is 404 g/mol. The molecule has 0 unspecified atom stereocenters. The van der Waals surface area contributed by atoms with Gasteiger partial charge in [-0.1, -0.05) is 11.6 Å². The van der Waals surface area contributed by atoms with Crippen molar-refractivity contribution in [1.82, 2.24) is 0 Å². The van der Waals surface area contributed by atoms with Crippen LogP contribution in [0.1, 0.15) is 20.8 Å². The first-order valence-corrected chi connectivity index (χ1v) is 10.3. The molecule has 0 aliphatic heterocycles. The number of ether oxygens (including phenoxy) is 1. The molecule has 0 saturated heterocycles. The van der Waals surface area contributed by atoms with E-state index in [4.69, 9.17) is 16.3 Å². The number of hydrogen-bond donors (Lipinski definition) is 1. The minimum atomic E-state index is -4.07. The average Bonchev–Trinajstić information content (AvgIpc) is 2.60. The molecule has 28 heavy (non-hydrogen) atoms. The van der Waals surface area contributed by atoms with Gasteiger partial charge in [-0.3, -0.25) is 13.9 Å². The van der Waals surface area contributed by atoms with E-state index >= 15 is 0 Å². The van der Waals surface area contributed by atoms with Crippen molar-refractivity contribution in [2.45, 2.75) is 31.8 Å². The number of benzene rings is 2. The Morgan fingerprint density at radius 3 is 2.14 bits per heavy atom. The number of nitrogens with zero attached hydrogens (tertiary/aromatic N) is 1. The molecule has 9 heteroatoms. The summed E-state index contributed by atoms with van der Waals surface area (Å²) in [6.45, 7) is 4.22. The summed E-state index contributed by atoms with van der Waals surface area (Å²) >= 11 is 5.89. The molecule has 0 spiro atoms. The van der Waals surface area contributed by atoms with Crippen molar-refractivity contribution in [3.05, 3.63) is 53.6 Å². The summed E-state index contributed by atoms with van der Waals surface area (Å²) < 4.78 is 32.4. The van der Waals surface area contributed by atoms with Crippen molar-refractivity contribution in [2.24, 2.45) is 0 Å².